The summed E-state index contributed by atoms with van der Waals surface area (Å²) in [6.45, 7) is 2.09. The fraction of sp³-hybridized carbons (Fsp3) is 0.143. The summed E-state index contributed by atoms with van der Waals surface area (Å²) in [6.07, 6.45) is 3.50. The first-order valence-electron chi connectivity index (χ1n) is 8.19. The van der Waals surface area contributed by atoms with Crippen LogP contribution in [0.1, 0.15) is 34.3 Å². The van der Waals surface area contributed by atoms with Gasteiger partial charge >= 0.3 is 0 Å². The molecule has 5 heteroatoms. The summed E-state index contributed by atoms with van der Waals surface area (Å²) in [7, 11) is 1.57. The van der Waals surface area contributed by atoms with Gasteiger partial charge in [0.25, 0.3) is 5.91 Å². The summed E-state index contributed by atoms with van der Waals surface area (Å²) in [6, 6.07) is 15.6. The van der Waals surface area contributed by atoms with Crippen LogP contribution in [0.2, 0.25) is 0 Å². The summed E-state index contributed by atoms with van der Waals surface area (Å²) in [5.41, 5.74) is 9.99. The second-order valence-electron chi connectivity index (χ2n) is 5.98. The number of carbonyl (C=O) groups excluding carboxylic acids is 1. The fourth-order valence-corrected chi connectivity index (χ4v) is 3.41. The van der Waals surface area contributed by atoms with Gasteiger partial charge in [0.2, 0.25) is 0 Å². The van der Waals surface area contributed by atoms with Crippen molar-refractivity contribution in [3.8, 4) is 16.9 Å². The number of amides is 1. The van der Waals surface area contributed by atoms with E-state index in [0.29, 0.717) is 11.3 Å². The van der Waals surface area contributed by atoms with E-state index in [1.165, 1.54) is 0 Å². The molecule has 3 rings (SSSR count). The van der Waals surface area contributed by atoms with E-state index in [9.17, 15) is 4.79 Å². The first kappa shape index (κ1) is 18.1. The predicted octanol–water partition coefficient (Wildman–Crippen LogP) is 4.77. The monoisotopic (exact) mass is 410 g/mol. The van der Waals surface area contributed by atoms with Crippen LogP contribution in [0.15, 0.2) is 65.4 Å². The zero-order valence-corrected chi connectivity index (χ0v) is 16.2. The molecule has 0 saturated carbocycles. The van der Waals surface area contributed by atoms with Crippen LogP contribution in [0.3, 0.4) is 0 Å². The van der Waals surface area contributed by atoms with Crippen LogP contribution in [-0.4, -0.2) is 18.0 Å². The molecular weight excluding hydrogens is 392 g/mol. The van der Waals surface area contributed by atoms with Crippen LogP contribution in [0, 0.1) is 0 Å². The Bertz CT molecular complexity index is 925. The highest BCUT2D eigenvalue weighted by Gasteiger charge is 2.23. The third-order valence-corrected chi connectivity index (χ3v) is 4.99. The van der Waals surface area contributed by atoms with E-state index in [1.54, 1.807) is 25.6 Å². The highest BCUT2D eigenvalue weighted by Crippen LogP contribution is 2.41. The molecule has 0 fully saturated rings. The highest BCUT2D eigenvalue weighted by molar-refractivity contribution is 9.10. The predicted molar refractivity (Wildman–Crippen MR) is 106 cm³/mol. The summed E-state index contributed by atoms with van der Waals surface area (Å²) in [5.74, 6) is 0.00938. The Morgan fingerprint density at radius 1 is 1.08 bits per heavy atom. The number of nitrogens with two attached hydrogens (primary N) is 1. The second-order valence-corrected chi connectivity index (χ2v) is 6.90. The van der Waals surface area contributed by atoms with Crippen LogP contribution in [0.5, 0.6) is 5.75 Å². The zero-order chi connectivity index (χ0) is 18.7. The molecule has 4 nitrogen and oxygen atoms in total. The summed E-state index contributed by atoms with van der Waals surface area (Å²) in [4.78, 5) is 16.0. The second kappa shape index (κ2) is 7.70. The number of primary amides is 1. The van der Waals surface area contributed by atoms with Crippen molar-refractivity contribution in [2.24, 2.45) is 5.73 Å². The molecule has 2 N–H and O–H groups in total. The smallest absolute Gasteiger partial charge is 0.252 e. The topological polar surface area (TPSA) is 65.2 Å². The number of pyridine rings is 1. The van der Waals surface area contributed by atoms with Crippen molar-refractivity contribution in [2.75, 3.05) is 7.11 Å². The van der Waals surface area contributed by atoms with E-state index in [-0.39, 0.29) is 5.92 Å². The maximum atomic E-state index is 11.9. The molecule has 0 aliphatic rings. The molecule has 26 heavy (non-hydrogen) atoms. The van der Waals surface area contributed by atoms with Gasteiger partial charge in [-0.05, 0) is 47.0 Å². The number of nitrogens with zero attached hydrogens (tertiary/aromatic N) is 1. The van der Waals surface area contributed by atoms with Crippen molar-refractivity contribution in [3.05, 3.63) is 82.1 Å². The van der Waals surface area contributed by atoms with Gasteiger partial charge in [-0.15, -0.1) is 0 Å². The first-order valence-corrected chi connectivity index (χ1v) is 8.98. The van der Waals surface area contributed by atoms with Gasteiger partial charge in [0, 0.05) is 28.3 Å². The van der Waals surface area contributed by atoms with E-state index in [2.05, 4.69) is 40.0 Å². The number of rotatable bonds is 5. The Morgan fingerprint density at radius 2 is 1.73 bits per heavy atom. The average Bonchev–Trinajstić information content (AvgIpc) is 2.67. The molecule has 0 aliphatic carbocycles. The molecule has 1 atom stereocenters. The third kappa shape index (κ3) is 3.48. The Labute approximate surface area is 161 Å². The molecule has 2 aromatic carbocycles. The van der Waals surface area contributed by atoms with Crippen LogP contribution in [-0.2, 0) is 0 Å². The molecule has 0 radical (unpaired) electrons. The highest BCUT2D eigenvalue weighted by atomic mass is 79.9. The Balaban J connectivity index is 2.26. The Kier molecular flexibility index (Phi) is 5.38. The van der Waals surface area contributed by atoms with Crippen LogP contribution >= 0.6 is 15.9 Å². The van der Waals surface area contributed by atoms with Gasteiger partial charge in [0.15, 0.2) is 0 Å². The van der Waals surface area contributed by atoms with Gasteiger partial charge in [0.1, 0.15) is 5.75 Å². The SMILES string of the molecule is COc1c(C(N)=O)ccc(-c2ccncc2)c1[C@H](C)c1ccc(Br)cc1. The van der Waals surface area contributed by atoms with Crippen molar-refractivity contribution in [2.45, 2.75) is 12.8 Å². The van der Waals surface area contributed by atoms with Crippen LogP contribution in [0.25, 0.3) is 11.1 Å². The summed E-state index contributed by atoms with van der Waals surface area (Å²) in [5, 5.41) is 0. The van der Waals surface area contributed by atoms with Gasteiger partial charge in [0.05, 0.1) is 12.7 Å². The van der Waals surface area contributed by atoms with Crippen LogP contribution < -0.4 is 10.5 Å². The number of halogens is 1. The van der Waals surface area contributed by atoms with E-state index >= 15 is 0 Å². The normalized spacial score (nSPS) is 11.8. The lowest BCUT2D eigenvalue weighted by Crippen LogP contribution is -2.15. The molecule has 3 aromatic rings. The van der Waals surface area contributed by atoms with Crippen molar-refractivity contribution in [1.29, 1.82) is 0 Å². The van der Waals surface area contributed by atoms with Crippen molar-refractivity contribution < 1.29 is 9.53 Å². The molecule has 1 aromatic heterocycles. The number of hydrogen-bond acceptors (Lipinski definition) is 3. The number of ether oxygens (including phenoxy) is 1. The van der Waals surface area contributed by atoms with E-state index in [4.69, 9.17) is 10.5 Å². The molecule has 0 unspecified atom stereocenters. The maximum absolute atomic E-state index is 11.9. The summed E-state index contributed by atoms with van der Waals surface area (Å²) < 4.78 is 6.66. The number of benzene rings is 2. The molecule has 132 valence electrons. The van der Waals surface area contributed by atoms with Gasteiger partial charge in [-0.1, -0.05) is 41.1 Å². The van der Waals surface area contributed by atoms with Crippen molar-refractivity contribution in [3.63, 3.8) is 0 Å². The average molecular weight is 411 g/mol. The number of carbonyl (C=O) groups is 1. The Morgan fingerprint density at radius 3 is 2.31 bits per heavy atom. The minimum atomic E-state index is -0.507. The van der Waals surface area contributed by atoms with E-state index in [1.807, 2.05) is 30.3 Å². The minimum absolute atomic E-state index is 0.000477. The molecule has 0 spiro atoms. The lowest BCUT2D eigenvalue weighted by molar-refractivity contribution is 0.0997. The number of aromatic nitrogens is 1. The molecule has 0 bridgehead atoms. The third-order valence-electron chi connectivity index (χ3n) is 4.46. The molecule has 1 heterocycles. The maximum Gasteiger partial charge on any atom is 0.252 e. The van der Waals surface area contributed by atoms with Gasteiger partial charge in [-0.25, -0.2) is 0 Å². The van der Waals surface area contributed by atoms with Crippen LogP contribution in [0.4, 0.5) is 0 Å². The lowest BCUT2D eigenvalue weighted by Gasteiger charge is -2.22. The van der Waals surface area contributed by atoms with Crippen molar-refractivity contribution in [1.82, 2.24) is 4.98 Å². The number of methoxy groups -OCH3 is 1. The van der Waals surface area contributed by atoms with Gasteiger partial charge in [-0.2, -0.15) is 0 Å². The van der Waals surface area contributed by atoms with Crippen molar-refractivity contribution >= 4 is 21.8 Å². The quantitative estimate of drug-likeness (QED) is 0.658. The molecular formula is C21H19BrN2O2. The minimum Gasteiger partial charge on any atom is -0.496 e. The zero-order valence-electron chi connectivity index (χ0n) is 14.6. The largest absolute Gasteiger partial charge is 0.496 e. The number of hydrogen-bond donors (Lipinski definition) is 1. The fourth-order valence-electron chi connectivity index (χ4n) is 3.14. The molecule has 0 saturated heterocycles. The van der Waals surface area contributed by atoms with E-state index < -0.39 is 5.91 Å². The van der Waals surface area contributed by atoms with Gasteiger partial charge < -0.3 is 10.5 Å². The molecule has 1 amide bonds. The molecule has 0 aliphatic heterocycles. The summed E-state index contributed by atoms with van der Waals surface area (Å²) >= 11 is 3.47. The van der Waals surface area contributed by atoms with E-state index in [0.717, 1.165) is 26.7 Å². The standard InChI is InChI=1S/C21H19BrN2O2/c1-13(14-3-5-16(22)6-4-14)19-17(15-9-11-24-12-10-15)7-8-18(21(23)25)20(19)26-2/h3-13H,1-2H3,(H2,23,25)/t13-/m1/s1. The first-order chi connectivity index (χ1) is 12.5. The van der Waals surface area contributed by atoms with Gasteiger partial charge in [-0.3, -0.25) is 9.78 Å². The Hall–Kier alpha value is -2.66. The lowest BCUT2D eigenvalue weighted by atomic mass is 9.85.